The lowest BCUT2D eigenvalue weighted by atomic mass is 9.94. The molecule has 10 heavy (non-hydrogen) atoms. The molecular weight excluding hydrogens is 136 g/mol. The first-order valence-electron chi connectivity index (χ1n) is 3.24. The number of ether oxygens (including phenoxy) is 1. The van der Waals surface area contributed by atoms with Gasteiger partial charge < -0.3 is 14.9 Å². The molecule has 0 saturated carbocycles. The first-order valence-corrected chi connectivity index (χ1v) is 3.24. The van der Waals surface area contributed by atoms with E-state index in [9.17, 15) is 4.79 Å². The molecule has 2 N–H and O–H groups in total. The maximum atomic E-state index is 10.8. The monoisotopic (exact) mass is 144 g/mol. The number of hydrogen-bond donors (Lipinski definition) is 2. The zero-order valence-corrected chi connectivity index (χ0v) is 5.23. The molecule has 0 aromatic carbocycles. The molecule has 56 valence electrons. The van der Waals surface area contributed by atoms with E-state index >= 15 is 0 Å². The van der Waals surface area contributed by atoms with E-state index < -0.39 is 24.4 Å². The minimum absolute atomic E-state index is 0.0946. The summed E-state index contributed by atoms with van der Waals surface area (Å²) in [6.45, 7) is 0. The number of fused-ring (bicyclic) bond motifs is 2. The highest BCUT2D eigenvalue weighted by Crippen LogP contribution is 2.31. The first kappa shape index (κ1) is 6.27. The minimum atomic E-state index is -0.994. The van der Waals surface area contributed by atoms with Crippen LogP contribution in [-0.2, 0) is 9.53 Å². The molecule has 2 rings (SSSR count). The Morgan fingerprint density at radius 1 is 1.40 bits per heavy atom. The van der Waals surface area contributed by atoms with Gasteiger partial charge in [-0.2, -0.15) is 0 Å². The highest BCUT2D eigenvalue weighted by Gasteiger charge is 2.52. The molecule has 4 nitrogen and oxygen atoms in total. The summed E-state index contributed by atoms with van der Waals surface area (Å²) in [5.74, 6) is -0.0946. The lowest BCUT2D eigenvalue weighted by Crippen LogP contribution is -2.41. The number of carbonyl (C=O) groups is 1. The van der Waals surface area contributed by atoms with Crippen molar-refractivity contribution < 1.29 is 19.7 Å². The van der Waals surface area contributed by atoms with Crippen LogP contribution in [0.15, 0.2) is 0 Å². The van der Waals surface area contributed by atoms with Crippen molar-refractivity contribution in [1.82, 2.24) is 0 Å². The van der Waals surface area contributed by atoms with Crippen LogP contribution in [0.25, 0.3) is 0 Å². The molecule has 0 radical (unpaired) electrons. The van der Waals surface area contributed by atoms with E-state index in [-0.39, 0.29) is 12.2 Å². The number of aliphatic hydroxyl groups excluding tert-OH is 2. The summed E-state index contributed by atoms with van der Waals surface area (Å²) in [7, 11) is 0. The smallest absolute Gasteiger partial charge is 0.167 e. The van der Waals surface area contributed by atoms with E-state index in [0.29, 0.717) is 0 Å². The van der Waals surface area contributed by atoms with Gasteiger partial charge in [0.25, 0.3) is 0 Å². The van der Waals surface area contributed by atoms with Gasteiger partial charge in [0.15, 0.2) is 5.78 Å². The second kappa shape index (κ2) is 1.78. The fourth-order valence-electron chi connectivity index (χ4n) is 1.50. The second-order valence-electron chi connectivity index (χ2n) is 2.75. The molecule has 0 spiro atoms. The van der Waals surface area contributed by atoms with Crippen molar-refractivity contribution >= 4 is 5.78 Å². The number of Topliss-reactive ketones (excluding diaryl/α,β-unsaturated/α-hetero) is 1. The van der Waals surface area contributed by atoms with Crippen molar-refractivity contribution in [3.8, 4) is 0 Å². The average Bonchev–Trinajstić information content (AvgIpc) is 2.36. The third-order valence-electron chi connectivity index (χ3n) is 2.08. The molecule has 2 fully saturated rings. The summed E-state index contributed by atoms with van der Waals surface area (Å²) in [4.78, 5) is 10.8. The summed E-state index contributed by atoms with van der Waals surface area (Å²) < 4.78 is 4.96. The van der Waals surface area contributed by atoms with Crippen LogP contribution in [0.1, 0.15) is 6.42 Å². The molecule has 1 unspecified atom stereocenters. The summed E-state index contributed by atoms with van der Waals surface area (Å²) in [6, 6.07) is 0. The molecule has 2 heterocycles. The Kier molecular flexibility index (Phi) is 1.12. The van der Waals surface area contributed by atoms with Crippen LogP contribution in [0.5, 0.6) is 0 Å². The maximum absolute atomic E-state index is 10.8. The van der Waals surface area contributed by atoms with E-state index in [2.05, 4.69) is 0 Å². The lowest BCUT2D eigenvalue weighted by Gasteiger charge is -2.16. The van der Waals surface area contributed by atoms with Crippen molar-refractivity contribution in [2.45, 2.75) is 30.8 Å². The van der Waals surface area contributed by atoms with Crippen LogP contribution in [0.2, 0.25) is 0 Å². The van der Waals surface area contributed by atoms with Gasteiger partial charge in [-0.1, -0.05) is 0 Å². The molecule has 2 aliphatic rings. The third-order valence-corrected chi connectivity index (χ3v) is 2.08. The Hall–Kier alpha value is -0.450. The van der Waals surface area contributed by atoms with Gasteiger partial charge in [0.2, 0.25) is 0 Å². The van der Waals surface area contributed by atoms with Crippen molar-refractivity contribution in [1.29, 1.82) is 0 Å². The van der Waals surface area contributed by atoms with E-state index in [1.807, 2.05) is 0 Å². The van der Waals surface area contributed by atoms with Gasteiger partial charge in [0.05, 0.1) is 6.10 Å². The Morgan fingerprint density at radius 2 is 2.10 bits per heavy atom. The maximum Gasteiger partial charge on any atom is 0.167 e. The van der Waals surface area contributed by atoms with Crippen molar-refractivity contribution in [3.05, 3.63) is 0 Å². The lowest BCUT2D eigenvalue weighted by molar-refractivity contribution is -0.127. The highest BCUT2D eigenvalue weighted by molar-refractivity contribution is 5.87. The van der Waals surface area contributed by atoms with Crippen LogP contribution in [0, 0.1) is 0 Å². The fourth-order valence-corrected chi connectivity index (χ4v) is 1.50. The molecule has 0 aromatic heterocycles. The van der Waals surface area contributed by atoms with Gasteiger partial charge in [-0.05, 0) is 0 Å². The van der Waals surface area contributed by atoms with Gasteiger partial charge in [-0.3, -0.25) is 4.79 Å². The van der Waals surface area contributed by atoms with Crippen LogP contribution < -0.4 is 0 Å². The largest absolute Gasteiger partial charge is 0.388 e. The highest BCUT2D eigenvalue weighted by atomic mass is 16.6. The minimum Gasteiger partial charge on any atom is -0.388 e. The van der Waals surface area contributed by atoms with E-state index in [0.717, 1.165) is 0 Å². The molecule has 0 aliphatic carbocycles. The topological polar surface area (TPSA) is 66.8 Å². The summed E-state index contributed by atoms with van der Waals surface area (Å²) in [5.41, 5.74) is 0. The second-order valence-corrected chi connectivity index (χ2v) is 2.75. The molecule has 0 amide bonds. The Bertz CT molecular complexity index is 177. The quantitative estimate of drug-likeness (QED) is 0.432. The van der Waals surface area contributed by atoms with Gasteiger partial charge in [-0.25, -0.2) is 0 Å². The average molecular weight is 144 g/mol. The standard InChI is InChI=1S/C6H8O4/c7-2-1-3-4(8)5(9)6(2)10-3/h3-6,8-9H,1H2/t3-,4+,5-,6?/m0/s1. The van der Waals surface area contributed by atoms with Crippen LogP contribution in [-0.4, -0.2) is 40.4 Å². The molecule has 2 bridgehead atoms. The fraction of sp³-hybridized carbons (Fsp3) is 0.833. The number of carbonyl (C=O) groups excluding carboxylic acids is 1. The third kappa shape index (κ3) is 0.584. The zero-order valence-electron chi connectivity index (χ0n) is 5.23. The van der Waals surface area contributed by atoms with Crippen molar-refractivity contribution in [2.75, 3.05) is 0 Å². The zero-order chi connectivity index (χ0) is 7.30. The molecule has 2 aliphatic heterocycles. The Labute approximate surface area is 57.4 Å². The van der Waals surface area contributed by atoms with E-state index in [4.69, 9.17) is 14.9 Å². The molecule has 2 saturated heterocycles. The number of aliphatic hydroxyl groups is 2. The number of rotatable bonds is 0. The Morgan fingerprint density at radius 3 is 2.50 bits per heavy atom. The Balaban J connectivity index is 2.24. The van der Waals surface area contributed by atoms with Gasteiger partial charge in [-0.15, -0.1) is 0 Å². The summed E-state index contributed by atoms with van der Waals surface area (Å²) in [6.07, 6.45) is -2.80. The molecule has 4 heteroatoms. The normalized spacial score (nSPS) is 52.4. The van der Waals surface area contributed by atoms with Crippen LogP contribution in [0.4, 0.5) is 0 Å². The van der Waals surface area contributed by atoms with Crippen molar-refractivity contribution in [2.24, 2.45) is 0 Å². The molecule has 4 atom stereocenters. The predicted octanol–water partition coefficient (Wildman–Crippen LogP) is -1.55. The number of hydrogen-bond acceptors (Lipinski definition) is 4. The summed E-state index contributed by atoms with van der Waals surface area (Å²) in [5, 5.41) is 18.1. The van der Waals surface area contributed by atoms with Gasteiger partial charge >= 0.3 is 0 Å². The first-order chi connectivity index (χ1) is 4.70. The predicted molar refractivity (Wildman–Crippen MR) is 30.3 cm³/mol. The van der Waals surface area contributed by atoms with Crippen molar-refractivity contribution in [3.63, 3.8) is 0 Å². The number of ketones is 1. The van der Waals surface area contributed by atoms with Crippen LogP contribution >= 0.6 is 0 Å². The molecular formula is C6H8O4. The molecule has 0 aromatic rings. The van der Waals surface area contributed by atoms with Gasteiger partial charge in [0, 0.05) is 6.42 Å². The van der Waals surface area contributed by atoms with Gasteiger partial charge in [0.1, 0.15) is 18.3 Å². The van der Waals surface area contributed by atoms with E-state index in [1.165, 1.54) is 0 Å². The summed E-state index contributed by atoms with van der Waals surface area (Å²) >= 11 is 0. The van der Waals surface area contributed by atoms with Crippen LogP contribution in [0.3, 0.4) is 0 Å². The van der Waals surface area contributed by atoms with E-state index in [1.54, 1.807) is 0 Å². The SMILES string of the molecule is O=C1C[C@@H]2OC1[C@@H](O)[C@@H]2O.